The van der Waals surface area contributed by atoms with E-state index in [1.165, 1.54) is 5.56 Å². The molecule has 4 rings (SSSR count). The minimum atomic E-state index is -0.988. The number of cyclic esters (lactones) is 1. The summed E-state index contributed by atoms with van der Waals surface area (Å²) in [5.41, 5.74) is 1.34. The first-order chi connectivity index (χ1) is 13.1. The first kappa shape index (κ1) is 18.0. The summed E-state index contributed by atoms with van der Waals surface area (Å²) in [5.74, 6) is -0.631. The third-order valence-electron chi connectivity index (χ3n) is 6.02. The van der Waals surface area contributed by atoms with Crippen molar-refractivity contribution in [2.24, 2.45) is 11.8 Å². The monoisotopic (exact) mass is 362 g/mol. The second-order valence-electron chi connectivity index (χ2n) is 8.11. The number of ketones is 1. The van der Waals surface area contributed by atoms with Crippen molar-refractivity contribution in [2.75, 3.05) is 0 Å². The molecule has 3 heteroatoms. The van der Waals surface area contributed by atoms with E-state index < -0.39 is 11.5 Å². The summed E-state index contributed by atoms with van der Waals surface area (Å²) in [5, 5.41) is 0. The summed E-state index contributed by atoms with van der Waals surface area (Å²) >= 11 is 0. The topological polar surface area (TPSA) is 43.4 Å². The van der Waals surface area contributed by atoms with E-state index in [2.05, 4.69) is 12.1 Å². The fourth-order valence-electron chi connectivity index (χ4n) is 4.40. The van der Waals surface area contributed by atoms with Gasteiger partial charge in [-0.3, -0.25) is 9.59 Å². The van der Waals surface area contributed by atoms with Gasteiger partial charge in [-0.25, -0.2) is 0 Å². The maximum absolute atomic E-state index is 13.3. The van der Waals surface area contributed by atoms with Crippen LogP contribution in [0.15, 0.2) is 60.7 Å². The summed E-state index contributed by atoms with van der Waals surface area (Å²) in [6, 6.07) is 20.2. The summed E-state index contributed by atoms with van der Waals surface area (Å²) in [4.78, 5) is 26.0. The molecule has 2 aliphatic rings. The average molecular weight is 362 g/mol. The second kappa shape index (κ2) is 7.30. The van der Waals surface area contributed by atoms with Crippen molar-refractivity contribution >= 4 is 11.8 Å². The van der Waals surface area contributed by atoms with Gasteiger partial charge >= 0.3 is 5.97 Å². The lowest BCUT2D eigenvalue weighted by atomic mass is 9.77. The summed E-state index contributed by atoms with van der Waals surface area (Å²) in [6.45, 7) is 1.80. The van der Waals surface area contributed by atoms with Crippen LogP contribution in [0.3, 0.4) is 0 Å². The molecule has 3 unspecified atom stereocenters. The van der Waals surface area contributed by atoms with Crippen LogP contribution in [0.25, 0.3) is 0 Å². The molecule has 0 N–H and O–H groups in total. The SMILES string of the molecule is CC1(CCCc2ccccc2)OC(=O)C(C(c2ccccc2)C2CC2)C1=O. The number of rotatable bonds is 7. The van der Waals surface area contributed by atoms with Crippen molar-refractivity contribution in [3.05, 3.63) is 71.8 Å². The Labute approximate surface area is 160 Å². The van der Waals surface area contributed by atoms with E-state index in [1.54, 1.807) is 6.92 Å². The van der Waals surface area contributed by atoms with Crippen molar-refractivity contribution < 1.29 is 14.3 Å². The van der Waals surface area contributed by atoms with Gasteiger partial charge < -0.3 is 4.74 Å². The van der Waals surface area contributed by atoms with E-state index in [9.17, 15) is 9.59 Å². The number of benzene rings is 2. The molecule has 1 aliphatic heterocycles. The number of hydrogen-bond donors (Lipinski definition) is 0. The van der Waals surface area contributed by atoms with Gasteiger partial charge in [0.1, 0.15) is 5.92 Å². The fourth-order valence-corrected chi connectivity index (χ4v) is 4.40. The predicted molar refractivity (Wildman–Crippen MR) is 104 cm³/mol. The molecule has 1 heterocycles. The van der Waals surface area contributed by atoms with Crippen molar-refractivity contribution in [2.45, 2.75) is 50.5 Å². The number of Topliss-reactive ketones (excluding diaryl/α,β-unsaturated/α-hetero) is 1. The van der Waals surface area contributed by atoms with E-state index in [-0.39, 0.29) is 17.7 Å². The Morgan fingerprint density at radius 2 is 1.63 bits per heavy atom. The first-order valence-electron chi connectivity index (χ1n) is 9.94. The third kappa shape index (κ3) is 3.69. The first-order valence-corrected chi connectivity index (χ1v) is 9.94. The van der Waals surface area contributed by atoms with Crippen LogP contribution in [0.5, 0.6) is 0 Å². The van der Waals surface area contributed by atoms with Gasteiger partial charge in [0.25, 0.3) is 0 Å². The van der Waals surface area contributed by atoms with E-state index in [0.717, 1.165) is 31.2 Å². The van der Waals surface area contributed by atoms with E-state index in [4.69, 9.17) is 4.74 Å². The number of aryl methyl sites for hydroxylation is 1. The highest BCUT2D eigenvalue weighted by Gasteiger charge is 2.57. The van der Waals surface area contributed by atoms with Crippen LogP contribution in [0, 0.1) is 11.8 Å². The lowest BCUT2D eigenvalue weighted by Gasteiger charge is -2.23. The molecule has 0 amide bonds. The predicted octanol–water partition coefficient (Wildman–Crippen LogP) is 4.70. The van der Waals surface area contributed by atoms with Gasteiger partial charge in [0.2, 0.25) is 0 Å². The van der Waals surface area contributed by atoms with Crippen LogP contribution in [0.2, 0.25) is 0 Å². The molecule has 0 aromatic heterocycles. The Balaban J connectivity index is 1.49. The number of carbonyl (C=O) groups is 2. The Morgan fingerprint density at radius 1 is 1.00 bits per heavy atom. The molecule has 2 fully saturated rings. The van der Waals surface area contributed by atoms with Gasteiger partial charge in [0.05, 0.1) is 0 Å². The largest absolute Gasteiger partial charge is 0.451 e. The molecule has 0 radical (unpaired) electrons. The Hall–Kier alpha value is -2.42. The van der Waals surface area contributed by atoms with Crippen LogP contribution in [0.1, 0.15) is 49.7 Å². The highest BCUT2D eigenvalue weighted by atomic mass is 16.6. The summed E-state index contributed by atoms with van der Waals surface area (Å²) in [6.07, 6.45) is 4.46. The van der Waals surface area contributed by atoms with Crippen LogP contribution in [0.4, 0.5) is 0 Å². The third-order valence-corrected chi connectivity index (χ3v) is 6.02. The highest BCUT2D eigenvalue weighted by Crippen LogP contribution is 2.50. The molecule has 3 atom stereocenters. The van der Waals surface area contributed by atoms with E-state index >= 15 is 0 Å². The number of carbonyl (C=O) groups excluding carboxylic acids is 2. The molecule has 0 spiro atoms. The highest BCUT2D eigenvalue weighted by molar-refractivity contribution is 6.09. The van der Waals surface area contributed by atoms with Crippen LogP contribution >= 0.6 is 0 Å². The molecule has 3 nitrogen and oxygen atoms in total. The minimum Gasteiger partial charge on any atom is -0.451 e. The lowest BCUT2D eigenvalue weighted by molar-refractivity contribution is -0.152. The number of ether oxygens (including phenoxy) is 1. The Bertz CT molecular complexity index is 810. The van der Waals surface area contributed by atoms with Crippen LogP contribution in [-0.2, 0) is 20.7 Å². The molecule has 2 aromatic carbocycles. The maximum atomic E-state index is 13.3. The second-order valence-corrected chi connectivity index (χ2v) is 8.11. The zero-order valence-electron chi connectivity index (χ0n) is 15.8. The molecule has 27 heavy (non-hydrogen) atoms. The normalized spacial score (nSPS) is 26.0. The smallest absolute Gasteiger partial charge is 0.318 e. The zero-order chi connectivity index (χ0) is 18.9. The number of esters is 1. The van der Waals surface area contributed by atoms with Crippen molar-refractivity contribution in [3.63, 3.8) is 0 Å². The molecule has 0 bridgehead atoms. The Morgan fingerprint density at radius 3 is 2.26 bits per heavy atom. The Kier molecular flexibility index (Phi) is 4.86. The molecular weight excluding hydrogens is 336 g/mol. The van der Waals surface area contributed by atoms with Gasteiger partial charge in [-0.1, -0.05) is 60.7 Å². The summed E-state index contributed by atoms with van der Waals surface area (Å²) < 4.78 is 5.70. The van der Waals surface area contributed by atoms with E-state index in [0.29, 0.717) is 12.3 Å². The quantitative estimate of drug-likeness (QED) is 0.529. The van der Waals surface area contributed by atoms with Crippen LogP contribution in [-0.4, -0.2) is 17.4 Å². The average Bonchev–Trinajstić information content (AvgIpc) is 3.48. The van der Waals surface area contributed by atoms with E-state index in [1.807, 2.05) is 48.5 Å². The van der Waals surface area contributed by atoms with Gasteiger partial charge in [-0.05, 0) is 56.1 Å². The van der Waals surface area contributed by atoms with Crippen molar-refractivity contribution in [3.8, 4) is 0 Å². The number of hydrogen-bond acceptors (Lipinski definition) is 3. The van der Waals surface area contributed by atoms with Gasteiger partial charge in [-0.2, -0.15) is 0 Å². The minimum absolute atomic E-state index is 0.0266. The molecule has 1 saturated heterocycles. The fraction of sp³-hybridized carbons (Fsp3) is 0.417. The zero-order valence-corrected chi connectivity index (χ0v) is 15.8. The molecule has 1 saturated carbocycles. The van der Waals surface area contributed by atoms with Gasteiger partial charge in [0, 0.05) is 5.92 Å². The molecule has 2 aromatic rings. The standard InChI is InChI=1S/C24H26O3/c1-24(16-8-11-17-9-4-2-5-10-17)22(25)21(23(26)27-24)20(19-14-15-19)18-12-6-3-7-13-18/h2-7,9-10,12-13,19-21H,8,11,14-16H2,1H3. The maximum Gasteiger partial charge on any atom is 0.318 e. The molecule has 140 valence electrons. The summed E-state index contributed by atoms with van der Waals surface area (Å²) in [7, 11) is 0. The molecular formula is C24H26O3. The van der Waals surface area contributed by atoms with Crippen LogP contribution < -0.4 is 0 Å². The van der Waals surface area contributed by atoms with Gasteiger partial charge in [-0.15, -0.1) is 0 Å². The van der Waals surface area contributed by atoms with Crippen molar-refractivity contribution in [1.29, 1.82) is 0 Å². The van der Waals surface area contributed by atoms with Gasteiger partial charge in [0.15, 0.2) is 11.4 Å². The van der Waals surface area contributed by atoms with Crippen molar-refractivity contribution in [1.82, 2.24) is 0 Å². The molecule has 1 aliphatic carbocycles. The lowest BCUT2D eigenvalue weighted by Crippen LogP contribution is -2.36.